The van der Waals surface area contributed by atoms with Gasteiger partial charge in [-0.15, -0.1) is 0 Å². The number of pyridine rings is 1. The van der Waals surface area contributed by atoms with Gasteiger partial charge in [-0.25, -0.2) is 18.0 Å². The second-order valence-electron chi connectivity index (χ2n) is 8.31. The van der Waals surface area contributed by atoms with Gasteiger partial charge in [0.25, 0.3) is 11.3 Å². The van der Waals surface area contributed by atoms with Crippen molar-refractivity contribution in [2.75, 3.05) is 11.4 Å². The van der Waals surface area contributed by atoms with Gasteiger partial charge in [-0.05, 0) is 66.8 Å². The first kappa shape index (κ1) is 28.2. The Kier molecular flexibility index (Phi) is 8.98. The Bertz CT molecular complexity index is 1290. The Labute approximate surface area is 212 Å². The van der Waals surface area contributed by atoms with Crippen LogP contribution in [0, 0.1) is 11.6 Å². The molecular formula is C25H24F5N3O3S. The number of carbonyl (C=O) groups excluding carboxylic acids is 1. The summed E-state index contributed by atoms with van der Waals surface area (Å²) in [4.78, 5) is 16.5. The summed E-state index contributed by atoms with van der Waals surface area (Å²) in [6, 6.07) is 11.5. The van der Waals surface area contributed by atoms with Gasteiger partial charge in [-0.2, -0.15) is 13.2 Å². The molecule has 0 radical (unpaired) electrons. The lowest BCUT2D eigenvalue weighted by molar-refractivity contribution is -0.141. The van der Waals surface area contributed by atoms with Crippen LogP contribution in [0.5, 0.6) is 0 Å². The summed E-state index contributed by atoms with van der Waals surface area (Å²) in [7, 11) is 1.23. The van der Waals surface area contributed by atoms with Crippen LogP contribution in [-0.2, 0) is 41.6 Å². The molecular weight excluding hydrogens is 517 g/mol. The highest BCUT2D eigenvalue weighted by molar-refractivity contribution is 7.80. The monoisotopic (exact) mass is 541 g/mol. The molecule has 198 valence electrons. The standard InChI is InChI=1S/C25H24F5N3O3S/c1-15(17-6-11-22(20(27)13-17)33(2)37(35)36)24(34)31-14-18-7-12-23(25(28,29)30)32-21(18)10-5-16-3-8-19(26)9-4-16/h3-4,6-9,11-13,15H,5,10,14H2,1-2H3,(H,31,34)(H,35,36). The molecule has 2 aromatic carbocycles. The number of hydrogen-bond acceptors (Lipinski definition) is 3. The molecule has 0 spiro atoms. The van der Waals surface area contributed by atoms with Crippen molar-refractivity contribution in [2.24, 2.45) is 0 Å². The van der Waals surface area contributed by atoms with E-state index in [0.29, 0.717) is 23.1 Å². The third-order valence-corrected chi connectivity index (χ3v) is 6.48. The van der Waals surface area contributed by atoms with Gasteiger partial charge >= 0.3 is 6.18 Å². The number of amides is 1. The second-order valence-corrected chi connectivity index (χ2v) is 9.31. The Balaban J connectivity index is 1.74. The molecule has 2 N–H and O–H groups in total. The van der Waals surface area contributed by atoms with Crippen molar-refractivity contribution in [3.8, 4) is 0 Å². The predicted molar refractivity (Wildman–Crippen MR) is 129 cm³/mol. The smallest absolute Gasteiger partial charge is 0.351 e. The molecule has 1 aromatic heterocycles. The van der Waals surface area contributed by atoms with Crippen LogP contribution in [0.15, 0.2) is 54.6 Å². The van der Waals surface area contributed by atoms with E-state index in [4.69, 9.17) is 4.55 Å². The van der Waals surface area contributed by atoms with Gasteiger partial charge < -0.3 is 5.32 Å². The molecule has 0 saturated carbocycles. The summed E-state index contributed by atoms with van der Waals surface area (Å²) in [5.41, 5.74) is 0.350. The van der Waals surface area contributed by atoms with E-state index >= 15 is 0 Å². The van der Waals surface area contributed by atoms with Gasteiger partial charge in [0.05, 0.1) is 11.6 Å². The van der Waals surface area contributed by atoms with Gasteiger partial charge in [0, 0.05) is 19.3 Å². The van der Waals surface area contributed by atoms with E-state index in [1.807, 2.05) is 0 Å². The topological polar surface area (TPSA) is 82.5 Å². The van der Waals surface area contributed by atoms with E-state index in [9.17, 15) is 31.0 Å². The van der Waals surface area contributed by atoms with Gasteiger partial charge in [-0.3, -0.25) is 13.7 Å². The first-order valence-electron chi connectivity index (χ1n) is 11.1. The number of nitrogens with one attached hydrogen (secondary N) is 1. The quantitative estimate of drug-likeness (QED) is 0.290. The maximum atomic E-state index is 14.4. The Morgan fingerprint density at radius 1 is 1.08 bits per heavy atom. The molecule has 37 heavy (non-hydrogen) atoms. The van der Waals surface area contributed by atoms with Crippen molar-refractivity contribution < 1.29 is 35.5 Å². The minimum atomic E-state index is -4.64. The van der Waals surface area contributed by atoms with Crippen molar-refractivity contribution in [2.45, 2.75) is 38.4 Å². The van der Waals surface area contributed by atoms with Gasteiger partial charge in [-0.1, -0.05) is 24.3 Å². The van der Waals surface area contributed by atoms with Crippen molar-refractivity contribution in [3.05, 3.63) is 94.3 Å². The number of aryl methyl sites for hydroxylation is 2. The number of carbonyl (C=O) groups is 1. The zero-order chi connectivity index (χ0) is 27.3. The van der Waals surface area contributed by atoms with E-state index in [1.165, 1.54) is 56.4 Å². The number of aromatic nitrogens is 1. The molecule has 3 rings (SSSR count). The zero-order valence-electron chi connectivity index (χ0n) is 19.9. The highest BCUT2D eigenvalue weighted by Crippen LogP contribution is 2.29. The molecule has 0 fully saturated rings. The first-order chi connectivity index (χ1) is 17.4. The molecule has 0 bridgehead atoms. The minimum Gasteiger partial charge on any atom is -0.351 e. The fourth-order valence-corrected chi connectivity index (χ4v) is 3.91. The fourth-order valence-electron chi connectivity index (χ4n) is 3.60. The van der Waals surface area contributed by atoms with Crippen LogP contribution in [0.3, 0.4) is 0 Å². The lowest BCUT2D eigenvalue weighted by Gasteiger charge is -2.18. The van der Waals surface area contributed by atoms with Gasteiger partial charge in [0.2, 0.25) is 5.91 Å². The number of alkyl halides is 3. The Morgan fingerprint density at radius 3 is 2.35 bits per heavy atom. The van der Waals surface area contributed by atoms with Crippen molar-refractivity contribution in [1.82, 2.24) is 10.3 Å². The van der Waals surface area contributed by atoms with Gasteiger partial charge in [0.15, 0.2) is 0 Å². The summed E-state index contributed by atoms with van der Waals surface area (Å²) in [5, 5.41) is 2.65. The number of anilines is 1. The number of rotatable bonds is 9. The van der Waals surface area contributed by atoms with E-state index in [0.717, 1.165) is 16.4 Å². The van der Waals surface area contributed by atoms with Crippen molar-refractivity contribution in [3.63, 3.8) is 0 Å². The number of halogens is 5. The van der Waals surface area contributed by atoms with Crippen LogP contribution in [-0.4, -0.2) is 26.7 Å². The minimum absolute atomic E-state index is 0.111. The third-order valence-electron chi connectivity index (χ3n) is 5.81. The Hall–Kier alpha value is -3.38. The summed E-state index contributed by atoms with van der Waals surface area (Å²) >= 11 is -2.43. The van der Waals surface area contributed by atoms with E-state index in [1.54, 1.807) is 0 Å². The van der Waals surface area contributed by atoms with E-state index in [-0.39, 0.29) is 24.3 Å². The summed E-state index contributed by atoms with van der Waals surface area (Å²) in [5.74, 6) is -2.55. The number of hydrogen-bond donors (Lipinski definition) is 2. The van der Waals surface area contributed by atoms with Gasteiger partial charge in [0.1, 0.15) is 17.3 Å². The van der Waals surface area contributed by atoms with E-state index < -0.39 is 46.6 Å². The van der Waals surface area contributed by atoms with Crippen LogP contribution >= 0.6 is 0 Å². The van der Waals surface area contributed by atoms with Crippen molar-refractivity contribution >= 4 is 22.9 Å². The van der Waals surface area contributed by atoms with Crippen molar-refractivity contribution in [1.29, 1.82) is 0 Å². The SMILES string of the molecule is CC(C(=O)NCc1ccc(C(F)(F)F)nc1CCc1ccc(F)cc1)c1ccc(N(C)S(=O)O)c(F)c1. The van der Waals surface area contributed by atoms with Crippen LogP contribution in [0.25, 0.3) is 0 Å². The molecule has 0 aliphatic heterocycles. The predicted octanol–water partition coefficient (Wildman–Crippen LogP) is 5.16. The molecule has 12 heteroatoms. The number of nitrogens with zero attached hydrogens (tertiary/aromatic N) is 2. The third kappa shape index (κ3) is 7.32. The summed E-state index contributed by atoms with van der Waals surface area (Å²) in [6.07, 6.45) is -4.21. The van der Waals surface area contributed by atoms with Crippen LogP contribution in [0.2, 0.25) is 0 Å². The molecule has 1 amide bonds. The normalized spacial score (nSPS) is 13.2. The molecule has 0 saturated heterocycles. The maximum absolute atomic E-state index is 14.4. The summed E-state index contributed by atoms with van der Waals surface area (Å²) in [6.45, 7) is 1.41. The maximum Gasteiger partial charge on any atom is 0.433 e. The highest BCUT2D eigenvalue weighted by Gasteiger charge is 2.33. The Morgan fingerprint density at radius 2 is 1.76 bits per heavy atom. The average molecular weight is 542 g/mol. The second kappa shape index (κ2) is 11.8. The lowest BCUT2D eigenvalue weighted by Crippen LogP contribution is -2.28. The highest BCUT2D eigenvalue weighted by atomic mass is 32.2. The molecule has 2 atom stereocenters. The first-order valence-corrected chi connectivity index (χ1v) is 12.2. The van der Waals surface area contributed by atoms with E-state index in [2.05, 4.69) is 10.3 Å². The molecule has 1 heterocycles. The zero-order valence-corrected chi connectivity index (χ0v) is 20.7. The lowest BCUT2D eigenvalue weighted by atomic mass is 9.99. The molecule has 3 aromatic rings. The fraction of sp³-hybridized carbons (Fsp3) is 0.280. The van der Waals surface area contributed by atoms with Crippen LogP contribution < -0.4 is 9.62 Å². The average Bonchev–Trinajstić information content (AvgIpc) is 2.85. The van der Waals surface area contributed by atoms with Crippen LogP contribution in [0.1, 0.15) is 40.9 Å². The molecule has 6 nitrogen and oxygen atoms in total. The van der Waals surface area contributed by atoms with Crippen LogP contribution in [0.4, 0.5) is 27.6 Å². The largest absolute Gasteiger partial charge is 0.433 e. The molecule has 2 unspecified atom stereocenters. The molecule has 0 aliphatic rings. The number of benzene rings is 2. The molecule has 0 aliphatic carbocycles. The summed E-state index contributed by atoms with van der Waals surface area (Å²) < 4.78 is 88.4.